The molecule has 0 unspecified atom stereocenters. The van der Waals surface area contributed by atoms with Crippen LogP contribution in [-0.4, -0.2) is 20.7 Å². The predicted molar refractivity (Wildman–Crippen MR) is 54.2 cm³/mol. The van der Waals surface area contributed by atoms with Crippen molar-refractivity contribution in [1.82, 2.24) is 0 Å². The van der Waals surface area contributed by atoms with Crippen molar-refractivity contribution in [2.45, 2.75) is 0 Å². The summed E-state index contributed by atoms with van der Waals surface area (Å²) in [7, 11) is 0. The van der Waals surface area contributed by atoms with Gasteiger partial charge in [-0.15, -0.1) is 0 Å². The topological polar surface area (TPSA) is 362 Å². The first-order chi connectivity index (χ1) is 5.20. The SMILES string of the molecule is O.O=[N+]([O-])[O-].O=[N+]([O-])[O-].O=[N+]([O-])[O-].[OH3+].[OH3+].[OH3+].[OH3+].[Sc+3]. The molecule has 0 aliphatic rings. The van der Waals surface area contributed by atoms with E-state index in [1.165, 1.54) is 0 Å². The van der Waals surface area contributed by atoms with E-state index in [1.54, 1.807) is 0 Å². The Bertz CT molecular complexity index is 115. The quantitative estimate of drug-likeness (QED) is 0.232. The summed E-state index contributed by atoms with van der Waals surface area (Å²) in [6, 6.07) is 0. The van der Waals surface area contributed by atoms with Crippen molar-refractivity contribution in [3.63, 3.8) is 0 Å². The standard InChI is InChI=1S/3NO3.5H2O.Sc/c3*2-1(3)4;;;;;;/h;;;5*1H2;/q3*-1;;;;;;+3/p+4. The van der Waals surface area contributed by atoms with E-state index in [1.807, 2.05) is 0 Å². The molecule has 0 aliphatic carbocycles. The summed E-state index contributed by atoms with van der Waals surface area (Å²) in [5.41, 5.74) is 0. The zero-order valence-electron chi connectivity index (χ0n) is 8.40. The molecule has 14 N–H and O–H groups in total. The van der Waals surface area contributed by atoms with Crippen LogP contribution in [0.15, 0.2) is 0 Å². The number of hydrogen-bond acceptors (Lipinski definition) is 9. The smallest absolute Gasteiger partial charge is 0.457 e. The largest absolute Gasteiger partial charge is 3.00 e. The van der Waals surface area contributed by atoms with Gasteiger partial charge in [-0.3, -0.25) is 0 Å². The van der Waals surface area contributed by atoms with Gasteiger partial charge in [-0.1, -0.05) is 0 Å². The Labute approximate surface area is 115 Å². The Kier molecular flexibility index (Phi) is 235. The van der Waals surface area contributed by atoms with Crippen molar-refractivity contribution >= 4 is 0 Å². The molecule has 0 heterocycles. The fraction of sp³-hybridized carbons (Fsp3) is 0. The van der Waals surface area contributed by atoms with Gasteiger partial charge in [-0.05, 0) is 0 Å². The van der Waals surface area contributed by atoms with Gasteiger partial charge in [-0.25, -0.2) is 0 Å². The second-order valence-electron chi connectivity index (χ2n) is 0.671. The summed E-state index contributed by atoms with van der Waals surface area (Å²) in [5.74, 6) is 0. The molecule has 0 amide bonds. The van der Waals surface area contributed by atoms with Crippen LogP contribution >= 0.6 is 0 Å². The predicted octanol–water partition coefficient (Wildman–Crippen LogP) is -5.23. The van der Waals surface area contributed by atoms with Crippen molar-refractivity contribution in [2.24, 2.45) is 0 Å². The zero-order valence-corrected chi connectivity index (χ0v) is 10.2. The number of rotatable bonds is 0. The third-order valence-corrected chi connectivity index (χ3v) is 0. The maximum atomic E-state index is 8.25. The average molecular weight is 325 g/mol. The summed E-state index contributed by atoms with van der Waals surface area (Å²) in [5, 5.41) is 44.2. The van der Waals surface area contributed by atoms with Gasteiger partial charge in [0.25, 0.3) is 0 Å². The second-order valence-corrected chi connectivity index (χ2v) is 0.671. The van der Waals surface area contributed by atoms with Gasteiger partial charge in [0.05, 0.1) is 15.3 Å². The molecule has 17 nitrogen and oxygen atoms in total. The minimum atomic E-state index is -1.75. The molecule has 0 saturated heterocycles. The summed E-state index contributed by atoms with van der Waals surface area (Å²) in [4.78, 5) is 24.8. The van der Waals surface area contributed by atoms with Crippen LogP contribution < -0.4 is 0 Å². The molecule has 0 atom stereocenters. The van der Waals surface area contributed by atoms with Crippen molar-refractivity contribution < 1.29 is 68.5 Å². The maximum absolute atomic E-state index is 8.25. The van der Waals surface area contributed by atoms with Crippen molar-refractivity contribution in [3.8, 4) is 0 Å². The molecule has 0 aliphatic heterocycles. The zero-order chi connectivity index (χ0) is 10.7. The molecule has 0 fully saturated rings. The van der Waals surface area contributed by atoms with E-state index in [4.69, 9.17) is 46.0 Å². The monoisotopic (exact) mass is 325 g/mol. The van der Waals surface area contributed by atoms with Crippen LogP contribution in [0.1, 0.15) is 0 Å². The van der Waals surface area contributed by atoms with Gasteiger partial charge in [-0.2, -0.15) is 0 Å². The summed E-state index contributed by atoms with van der Waals surface area (Å²) in [6.45, 7) is 0. The van der Waals surface area contributed by atoms with Crippen LogP contribution in [0.4, 0.5) is 0 Å². The third kappa shape index (κ3) is 840. The molecule has 0 bridgehead atoms. The molecule has 112 valence electrons. The molecule has 18 heteroatoms. The molecular formula is H14N3O14Sc+4. The average Bonchev–Trinajstić information content (AvgIpc) is 1.54. The van der Waals surface area contributed by atoms with E-state index < -0.39 is 15.3 Å². The molecule has 0 aromatic carbocycles. The number of nitrogens with zero attached hydrogens (tertiary/aromatic N) is 3. The van der Waals surface area contributed by atoms with E-state index in [0.29, 0.717) is 0 Å². The van der Waals surface area contributed by atoms with Crippen LogP contribution in [-0.2, 0) is 47.7 Å². The third-order valence-electron chi connectivity index (χ3n) is 0. The summed E-state index contributed by atoms with van der Waals surface area (Å²) < 4.78 is 0. The molecule has 0 aromatic heterocycles. The first-order valence-corrected chi connectivity index (χ1v) is 1.64. The Hall–Kier alpha value is -1.73. The van der Waals surface area contributed by atoms with Gasteiger partial charge in [0, 0.05) is 0 Å². The fourth-order valence-electron chi connectivity index (χ4n) is 0. The number of hydrogen-bond donors (Lipinski definition) is 0. The molecule has 18 heavy (non-hydrogen) atoms. The first-order valence-electron chi connectivity index (χ1n) is 1.64. The van der Waals surface area contributed by atoms with E-state index in [9.17, 15) is 0 Å². The van der Waals surface area contributed by atoms with Crippen molar-refractivity contribution in [2.75, 3.05) is 0 Å². The molecule has 0 rings (SSSR count). The molecule has 0 radical (unpaired) electrons. The Morgan fingerprint density at radius 3 is 0.500 bits per heavy atom. The summed E-state index contributed by atoms with van der Waals surface area (Å²) in [6.07, 6.45) is 0. The molecule has 0 spiro atoms. The van der Waals surface area contributed by atoms with Crippen molar-refractivity contribution in [1.29, 1.82) is 0 Å². The van der Waals surface area contributed by atoms with Gasteiger partial charge in [0.2, 0.25) is 0 Å². The molecule has 0 saturated carbocycles. The minimum Gasteiger partial charge on any atom is -0.457 e. The van der Waals surface area contributed by atoms with Gasteiger partial charge in [0.15, 0.2) is 0 Å². The van der Waals surface area contributed by atoms with E-state index in [-0.39, 0.29) is 53.2 Å². The van der Waals surface area contributed by atoms with E-state index in [2.05, 4.69) is 0 Å². The van der Waals surface area contributed by atoms with Crippen LogP contribution in [0.25, 0.3) is 0 Å². The Morgan fingerprint density at radius 1 is 0.500 bits per heavy atom. The van der Waals surface area contributed by atoms with Crippen LogP contribution in [0, 0.1) is 46.0 Å². The van der Waals surface area contributed by atoms with E-state index in [0.717, 1.165) is 0 Å². The van der Waals surface area contributed by atoms with Crippen molar-refractivity contribution in [3.05, 3.63) is 46.0 Å². The van der Waals surface area contributed by atoms with Crippen LogP contribution in [0.2, 0.25) is 0 Å². The van der Waals surface area contributed by atoms with Gasteiger partial charge in [0.1, 0.15) is 0 Å². The van der Waals surface area contributed by atoms with Crippen LogP contribution in [0.5, 0.6) is 0 Å². The normalized spacial score (nSPS) is 4.00. The van der Waals surface area contributed by atoms with Gasteiger partial charge < -0.3 is 73.3 Å². The molecular weight excluding hydrogens is 311 g/mol. The maximum Gasteiger partial charge on any atom is 3.00 e. The second kappa shape index (κ2) is 58.8. The minimum absolute atomic E-state index is 0. The molecule has 0 aromatic rings. The first kappa shape index (κ1) is 71.8. The Balaban J connectivity index is -0.00000000827. The van der Waals surface area contributed by atoms with Crippen LogP contribution in [0.3, 0.4) is 0 Å². The van der Waals surface area contributed by atoms with Gasteiger partial charge >= 0.3 is 25.8 Å². The van der Waals surface area contributed by atoms with E-state index >= 15 is 0 Å². The fourth-order valence-corrected chi connectivity index (χ4v) is 0. The summed E-state index contributed by atoms with van der Waals surface area (Å²) >= 11 is 0. The Morgan fingerprint density at radius 2 is 0.500 bits per heavy atom.